The van der Waals surface area contributed by atoms with Gasteiger partial charge in [0.1, 0.15) is 11.5 Å². The molecule has 3 heterocycles. The van der Waals surface area contributed by atoms with E-state index in [1.165, 1.54) is 67.8 Å². The zero-order valence-electron chi connectivity index (χ0n) is 35.9. The first-order valence-corrected chi connectivity index (χ1v) is 21.6. The quantitative estimate of drug-likeness (QED) is 0.162. The van der Waals surface area contributed by atoms with E-state index in [1.807, 2.05) is 6.07 Å². The van der Waals surface area contributed by atoms with Crippen molar-refractivity contribution in [2.75, 3.05) is 14.7 Å². The molecule has 8 aromatic carbocycles. The highest BCUT2D eigenvalue weighted by Crippen LogP contribution is 2.51. The zero-order chi connectivity index (χ0) is 41.8. The van der Waals surface area contributed by atoms with E-state index < -0.39 is 0 Å². The lowest BCUT2D eigenvalue weighted by molar-refractivity contribution is 0.418. The van der Waals surface area contributed by atoms with Crippen LogP contribution in [0, 0.1) is 13.8 Å². The van der Waals surface area contributed by atoms with Gasteiger partial charge in [-0.3, -0.25) is 0 Å². The van der Waals surface area contributed by atoms with Crippen molar-refractivity contribution in [2.24, 2.45) is 0 Å². The van der Waals surface area contributed by atoms with Crippen LogP contribution in [-0.4, -0.2) is 6.71 Å². The molecule has 3 aliphatic heterocycles. The van der Waals surface area contributed by atoms with Gasteiger partial charge in [0, 0.05) is 67.7 Å². The molecule has 3 aliphatic rings. The third-order valence-corrected chi connectivity index (χ3v) is 12.4. The van der Waals surface area contributed by atoms with Gasteiger partial charge in [0.2, 0.25) is 0 Å². The first-order chi connectivity index (χ1) is 29.8. The molecule has 0 N–H and O–H groups in total. The summed E-state index contributed by atoms with van der Waals surface area (Å²) >= 11 is 0. The molecule has 0 amide bonds. The Balaban J connectivity index is 0.00000144. The van der Waals surface area contributed by atoms with Gasteiger partial charge in [-0.15, -0.1) is 0 Å². The van der Waals surface area contributed by atoms with Crippen LogP contribution in [0.3, 0.4) is 0 Å². The fraction of sp³-hybridized carbons (Fsp3) is 0.143. The van der Waals surface area contributed by atoms with Crippen LogP contribution in [0.5, 0.6) is 11.5 Å². The number of anilines is 9. The minimum atomic E-state index is -0.247. The van der Waals surface area contributed by atoms with Crippen LogP contribution in [0.4, 0.5) is 51.2 Å². The van der Waals surface area contributed by atoms with E-state index in [9.17, 15) is 0 Å². The lowest BCUT2D eigenvalue weighted by Crippen LogP contribution is -2.61. The average Bonchev–Trinajstić information content (AvgIpc) is 3.28. The molecule has 8 aromatic rings. The Bertz CT molecular complexity index is 2910. The summed E-state index contributed by atoms with van der Waals surface area (Å²) in [5.41, 5.74) is 18.9. The van der Waals surface area contributed by atoms with Crippen molar-refractivity contribution >= 4 is 74.3 Å². The maximum Gasteiger partial charge on any atom is 0.252 e. The summed E-state index contributed by atoms with van der Waals surface area (Å²) in [7, 11) is 0. The van der Waals surface area contributed by atoms with Gasteiger partial charge in [-0.2, -0.15) is 0 Å². The van der Waals surface area contributed by atoms with Gasteiger partial charge in [0.25, 0.3) is 6.71 Å². The highest BCUT2D eigenvalue weighted by Gasteiger charge is 2.43. The Kier molecular flexibility index (Phi) is 9.56. The molecule has 0 radical (unpaired) electrons. The van der Waals surface area contributed by atoms with Crippen LogP contribution >= 0.6 is 0 Å². The Morgan fingerprint density at radius 3 is 1.80 bits per heavy atom. The Labute approximate surface area is 361 Å². The first kappa shape index (κ1) is 38.2. The number of benzene rings is 8. The summed E-state index contributed by atoms with van der Waals surface area (Å²) < 4.78 is 6.52. The Hall–Kier alpha value is -6.98. The van der Waals surface area contributed by atoms with E-state index in [0.29, 0.717) is 0 Å². The molecule has 0 saturated carbocycles. The summed E-state index contributed by atoms with van der Waals surface area (Å²) in [5.74, 6) is 1.83. The molecule has 0 atom stereocenters. The normalized spacial score (nSPS) is 13.6. The molecule has 0 spiro atoms. The zero-order valence-corrected chi connectivity index (χ0v) is 35.9. The summed E-state index contributed by atoms with van der Waals surface area (Å²) in [6, 6.07) is 66.5. The fourth-order valence-electron chi connectivity index (χ4n) is 9.60. The molecule has 5 heteroatoms. The lowest BCUT2D eigenvalue weighted by atomic mass is 9.33. The maximum atomic E-state index is 6.52. The molecule has 0 unspecified atom stereocenters. The van der Waals surface area contributed by atoms with Gasteiger partial charge < -0.3 is 19.4 Å². The fourth-order valence-corrected chi connectivity index (χ4v) is 9.60. The lowest BCUT2D eigenvalue weighted by Gasteiger charge is -2.44. The summed E-state index contributed by atoms with van der Waals surface area (Å²) in [6.07, 6.45) is 1.25. The maximum absolute atomic E-state index is 6.52. The largest absolute Gasteiger partial charge is 0.457 e. The van der Waals surface area contributed by atoms with Crippen LogP contribution in [-0.2, 0) is 5.41 Å². The van der Waals surface area contributed by atoms with E-state index >= 15 is 0 Å². The number of hydrogen-bond donors (Lipinski definition) is 0. The van der Waals surface area contributed by atoms with Crippen LogP contribution in [0.25, 0.3) is 0 Å². The van der Waals surface area contributed by atoms with Crippen molar-refractivity contribution in [1.82, 2.24) is 0 Å². The number of ether oxygens (including phenoxy) is 1. The van der Waals surface area contributed by atoms with Crippen LogP contribution < -0.4 is 35.8 Å². The highest BCUT2D eigenvalue weighted by atomic mass is 16.5. The van der Waals surface area contributed by atoms with Crippen molar-refractivity contribution in [3.63, 3.8) is 0 Å². The summed E-state index contributed by atoms with van der Waals surface area (Å²) in [5, 5.41) is 0. The van der Waals surface area contributed by atoms with Gasteiger partial charge in [-0.1, -0.05) is 136 Å². The van der Waals surface area contributed by atoms with Crippen molar-refractivity contribution in [2.45, 2.75) is 53.4 Å². The Morgan fingerprint density at radius 1 is 0.475 bits per heavy atom. The number of rotatable bonds is 5. The van der Waals surface area contributed by atoms with E-state index in [0.717, 1.165) is 39.9 Å². The number of nitrogens with zero attached hydrogens (tertiary/aromatic N) is 3. The predicted molar refractivity (Wildman–Crippen MR) is 259 cm³/mol. The smallest absolute Gasteiger partial charge is 0.252 e. The molecule has 298 valence electrons. The molecule has 0 aliphatic carbocycles. The molecular formula is C56H50BN3O. The topological polar surface area (TPSA) is 19.0 Å². The molecule has 4 nitrogen and oxygen atoms in total. The minimum absolute atomic E-state index is 0.0405. The van der Waals surface area contributed by atoms with E-state index in [1.54, 1.807) is 0 Å². The second kappa shape index (κ2) is 15.2. The predicted octanol–water partition coefficient (Wildman–Crippen LogP) is 13.7. The molecular weight excluding hydrogens is 741 g/mol. The van der Waals surface area contributed by atoms with Crippen molar-refractivity contribution < 1.29 is 4.74 Å². The van der Waals surface area contributed by atoms with E-state index in [-0.39, 0.29) is 12.1 Å². The highest BCUT2D eigenvalue weighted by molar-refractivity contribution is 7.00. The number of aryl methyl sites for hydroxylation is 2. The van der Waals surface area contributed by atoms with Crippen molar-refractivity contribution in [3.05, 3.63) is 204 Å². The third kappa shape index (κ3) is 6.39. The van der Waals surface area contributed by atoms with Gasteiger partial charge >= 0.3 is 0 Å². The average molecular weight is 792 g/mol. The SMILES string of the molecule is CCC.Cc1ccc(N2c3ccc(C)cc3B3c4ccc(N(c5ccccc5)c5ccc6c(c5)C(C)(C)c5ccccc5O6)cc4N(c4ccccc4)c4cccc2c43)cc1. The number of hydrogen-bond acceptors (Lipinski definition) is 4. The van der Waals surface area contributed by atoms with Crippen LogP contribution in [0.2, 0.25) is 0 Å². The molecule has 0 fully saturated rings. The van der Waals surface area contributed by atoms with Gasteiger partial charge in [-0.25, -0.2) is 0 Å². The third-order valence-electron chi connectivity index (χ3n) is 12.4. The number of para-hydroxylation sites is 3. The van der Waals surface area contributed by atoms with E-state index in [2.05, 4.69) is 232 Å². The van der Waals surface area contributed by atoms with Crippen molar-refractivity contribution in [3.8, 4) is 11.5 Å². The number of fused-ring (bicyclic) bond motifs is 6. The Morgan fingerprint density at radius 2 is 1.07 bits per heavy atom. The van der Waals surface area contributed by atoms with Crippen LogP contribution in [0.1, 0.15) is 56.4 Å². The van der Waals surface area contributed by atoms with Crippen molar-refractivity contribution in [1.29, 1.82) is 0 Å². The molecule has 0 aromatic heterocycles. The van der Waals surface area contributed by atoms with Gasteiger partial charge in [0.05, 0.1) is 0 Å². The minimum Gasteiger partial charge on any atom is -0.457 e. The van der Waals surface area contributed by atoms with E-state index in [4.69, 9.17) is 4.74 Å². The molecule has 11 rings (SSSR count). The first-order valence-electron chi connectivity index (χ1n) is 21.6. The molecule has 61 heavy (non-hydrogen) atoms. The molecule has 0 saturated heterocycles. The summed E-state index contributed by atoms with van der Waals surface area (Å²) in [4.78, 5) is 7.33. The second-order valence-corrected chi connectivity index (χ2v) is 17.1. The van der Waals surface area contributed by atoms with Gasteiger partial charge in [0.15, 0.2) is 0 Å². The van der Waals surface area contributed by atoms with Crippen LogP contribution in [0.15, 0.2) is 182 Å². The second-order valence-electron chi connectivity index (χ2n) is 17.1. The standard InChI is InChI=1S/C53H42BN3O.C3H8/c1-35-22-25-39(26-23-35)56-46-30-24-36(2)32-45(46)54-44-29-27-41(34-49(44)57(38-16-9-6-10-17-38)48-20-13-19-47(56)52(48)54)55(37-14-7-5-8-15-37)40-28-31-51-43(33-40)53(3,4)42-18-11-12-21-50(42)58-51;1-3-2/h5-34H,1-4H3;3H2,1-2H3. The molecule has 0 bridgehead atoms. The van der Waals surface area contributed by atoms with Gasteiger partial charge in [-0.05, 0) is 121 Å². The summed E-state index contributed by atoms with van der Waals surface area (Å²) in [6.45, 7) is 13.3. The monoisotopic (exact) mass is 791 g/mol.